The number of carbonyl (C=O) groups excluding carboxylic acids is 1. The Morgan fingerprint density at radius 2 is 1.71 bits per heavy atom. The highest BCUT2D eigenvalue weighted by atomic mass is 32.2. The van der Waals surface area contributed by atoms with Crippen LogP contribution in [0.5, 0.6) is 0 Å². The van der Waals surface area contributed by atoms with Crippen LogP contribution < -0.4 is 10.2 Å². The summed E-state index contributed by atoms with van der Waals surface area (Å²) in [6.07, 6.45) is 5.67. The second-order valence-corrected chi connectivity index (χ2v) is 12.6. The van der Waals surface area contributed by atoms with Gasteiger partial charge in [-0.1, -0.05) is 0 Å². The Morgan fingerprint density at radius 3 is 2.32 bits per heavy atom. The lowest BCUT2D eigenvalue weighted by Crippen LogP contribution is -2.49. The highest BCUT2D eigenvalue weighted by Gasteiger charge is 2.29. The first-order valence-corrected chi connectivity index (χ1v) is 13.9. The van der Waals surface area contributed by atoms with Crippen LogP contribution in [-0.4, -0.2) is 83.9 Å². The van der Waals surface area contributed by atoms with Crippen molar-refractivity contribution in [2.75, 3.05) is 51.4 Å². The Morgan fingerprint density at radius 1 is 1.03 bits per heavy atom. The minimum atomic E-state index is -3.69. The molecule has 174 valence electrons. The van der Waals surface area contributed by atoms with E-state index >= 15 is 0 Å². The summed E-state index contributed by atoms with van der Waals surface area (Å²) in [5, 5.41) is 2.94. The largest absolute Gasteiger partial charge is 0.371 e. The molecule has 9 nitrogen and oxygen atoms in total. The molecule has 1 unspecified atom stereocenters. The van der Waals surface area contributed by atoms with Crippen molar-refractivity contribution in [2.45, 2.75) is 43.0 Å². The first-order chi connectivity index (χ1) is 14.5. The first kappa shape index (κ1) is 24.0. The van der Waals surface area contributed by atoms with Gasteiger partial charge in [-0.05, 0) is 50.3 Å². The molecule has 2 saturated heterocycles. The molecule has 1 aromatic carbocycles. The van der Waals surface area contributed by atoms with Gasteiger partial charge in [-0.2, -0.15) is 0 Å². The number of benzene rings is 1. The third-order valence-corrected chi connectivity index (χ3v) is 8.96. The molecule has 0 saturated carbocycles. The van der Waals surface area contributed by atoms with E-state index in [4.69, 9.17) is 0 Å². The number of sulfonamides is 2. The summed E-state index contributed by atoms with van der Waals surface area (Å²) in [6, 6.07) is 4.37. The number of amides is 1. The van der Waals surface area contributed by atoms with E-state index in [0.29, 0.717) is 30.6 Å². The first-order valence-electron chi connectivity index (χ1n) is 10.6. The zero-order chi connectivity index (χ0) is 22.8. The van der Waals surface area contributed by atoms with Gasteiger partial charge >= 0.3 is 0 Å². The zero-order valence-corrected chi connectivity index (χ0v) is 20.0. The normalized spacial score (nSPS) is 21.3. The Kier molecular flexibility index (Phi) is 7.29. The highest BCUT2D eigenvalue weighted by Crippen LogP contribution is 2.28. The SMILES string of the molecule is CN(C)S(=O)(=O)c1ccc(N2CCCCC2)c(C(=O)NC2CCCN(S(C)(=O)=O)C2)c1. The molecule has 0 aliphatic carbocycles. The van der Waals surface area contributed by atoms with E-state index in [-0.39, 0.29) is 23.4 Å². The average molecular weight is 473 g/mol. The van der Waals surface area contributed by atoms with E-state index in [0.717, 1.165) is 36.7 Å². The molecule has 2 fully saturated rings. The number of rotatable bonds is 6. The second-order valence-electron chi connectivity index (χ2n) is 8.45. The van der Waals surface area contributed by atoms with Crippen molar-refractivity contribution < 1.29 is 21.6 Å². The predicted molar refractivity (Wildman–Crippen MR) is 120 cm³/mol. The van der Waals surface area contributed by atoms with Gasteiger partial charge in [0.15, 0.2) is 0 Å². The van der Waals surface area contributed by atoms with Gasteiger partial charge < -0.3 is 10.2 Å². The van der Waals surface area contributed by atoms with Crippen LogP contribution in [0.4, 0.5) is 5.69 Å². The number of nitrogens with one attached hydrogen (secondary N) is 1. The van der Waals surface area contributed by atoms with E-state index in [9.17, 15) is 21.6 Å². The van der Waals surface area contributed by atoms with E-state index < -0.39 is 20.0 Å². The van der Waals surface area contributed by atoms with Crippen molar-refractivity contribution in [3.63, 3.8) is 0 Å². The number of piperidine rings is 2. The van der Waals surface area contributed by atoms with Crippen molar-refractivity contribution in [1.82, 2.24) is 13.9 Å². The molecule has 2 heterocycles. The molecule has 3 rings (SSSR count). The summed E-state index contributed by atoms with van der Waals surface area (Å²) < 4.78 is 51.6. The molecule has 31 heavy (non-hydrogen) atoms. The van der Waals surface area contributed by atoms with Crippen molar-refractivity contribution in [1.29, 1.82) is 0 Å². The Labute approximate surface area is 185 Å². The molecule has 0 bridgehead atoms. The summed E-state index contributed by atoms with van der Waals surface area (Å²) in [5.41, 5.74) is 1.02. The lowest BCUT2D eigenvalue weighted by molar-refractivity contribution is 0.0921. The zero-order valence-electron chi connectivity index (χ0n) is 18.4. The van der Waals surface area contributed by atoms with Crippen LogP contribution in [0, 0.1) is 0 Å². The Bertz CT molecular complexity index is 1020. The summed E-state index contributed by atoms with van der Waals surface area (Å²) in [6.45, 7) is 2.29. The van der Waals surface area contributed by atoms with Crippen molar-refractivity contribution >= 4 is 31.6 Å². The molecule has 2 aliphatic rings. The maximum Gasteiger partial charge on any atom is 0.253 e. The predicted octanol–water partition coefficient (Wildman–Crippen LogP) is 1.08. The van der Waals surface area contributed by atoms with Gasteiger partial charge in [0.1, 0.15) is 0 Å². The van der Waals surface area contributed by atoms with Gasteiger partial charge in [0.2, 0.25) is 20.0 Å². The van der Waals surface area contributed by atoms with Gasteiger partial charge in [-0.3, -0.25) is 4.79 Å². The summed E-state index contributed by atoms with van der Waals surface area (Å²) in [4.78, 5) is 15.4. The molecule has 0 spiro atoms. The van der Waals surface area contributed by atoms with E-state index in [1.807, 2.05) is 0 Å². The molecular formula is C20H32N4O5S2. The second kappa shape index (κ2) is 9.43. The quantitative estimate of drug-likeness (QED) is 0.664. The van der Waals surface area contributed by atoms with Crippen LogP contribution in [0.25, 0.3) is 0 Å². The molecule has 11 heteroatoms. The smallest absolute Gasteiger partial charge is 0.253 e. The molecular weight excluding hydrogens is 440 g/mol. The summed E-state index contributed by atoms with van der Waals surface area (Å²) >= 11 is 0. The van der Waals surface area contributed by atoms with E-state index in [2.05, 4.69) is 10.2 Å². The topological polar surface area (TPSA) is 107 Å². The van der Waals surface area contributed by atoms with E-state index in [1.54, 1.807) is 12.1 Å². The number of hydrogen-bond donors (Lipinski definition) is 1. The summed E-state index contributed by atoms with van der Waals surface area (Å²) in [7, 11) is -4.12. The molecule has 2 aliphatic heterocycles. The minimum Gasteiger partial charge on any atom is -0.371 e. The maximum absolute atomic E-state index is 13.3. The summed E-state index contributed by atoms with van der Waals surface area (Å²) in [5.74, 6) is -0.378. The van der Waals surface area contributed by atoms with Gasteiger partial charge in [-0.25, -0.2) is 25.4 Å². The van der Waals surface area contributed by atoms with Crippen molar-refractivity contribution in [2.24, 2.45) is 0 Å². The standard InChI is InChI=1S/C20H32N4O5S2/c1-22(2)31(28,29)17-9-10-19(23-11-5-4-6-12-23)18(14-17)20(25)21-16-8-7-13-24(15-16)30(3,26)27/h9-10,14,16H,4-8,11-13,15H2,1-3H3,(H,21,25). The fourth-order valence-electron chi connectivity index (χ4n) is 4.10. The molecule has 0 aromatic heterocycles. The molecule has 1 amide bonds. The van der Waals surface area contributed by atoms with Gasteiger partial charge in [0.25, 0.3) is 5.91 Å². The maximum atomic E-state index is 13.3. The van der Waals surface area contributed by atoms with Crippen LogP contribution in [-0.2, 0) is 20.0 Å². The molecule has 0 radical (unpaired) electrons. The average Bonchev–Trinajstić information content (AvgIpc) is 2.73. The minimum absolute atomic E-state index is 0.0600. The van der Waals surface area contributed by atoms with Crippen molar-refractivity contribution in [3.05, 3.63) is 23.8 Å². The van der Waals surface area contributed by atoms with Crippen LogP contribution >= 0.6 is 0 Å². The lowest BCUT2D eigenvalue weighted by Gasteiger charge is -2.33. The van der Waals surface area contributed by atoms with Crippen LogP contribution in [0.2, 0.25) is 0 Å². The van der Waals surface area contributed by atoms with Crippen LogP contribution in [0.1, 0.15) is 42.5 Å². The number of hydrogen-bond acceptors (Lipinski definition) is 6. The number of anilines is 1. The van der Waals surface area contributed by atoms with E-state index in [1.165, 1.54) is 30.7 Å². The van der Waals surface area contributed by atoms with Crippen molar-refractivity contribution in [3.8, 4) is 0 Å². The third kappa shape index (κ3) is 5.57. The lowest BCUT2D eigenvalue weighted by atomic mass is 10.0. The van der Waals surface area contributed by atoms with Crippen LogP contribution in [0.15, 0.2) is 23.1 Å². The third-order valence-electron chi connectivity index (χ3n) is 5.88. The monoisotopic (exact) mass is 472 g/mol. The van der Waals surface area contributed by atoms with Gasteiger partial charge in [0, 0.05) is 52.0 Å². The fourth-order valence-corrected chi connectivity index (χ4v) is 5.94. The number of nitrogens with zero attached hydrogens (tertiary/aromatic N) is 3. The Hall–Kier alpha value is -1.69. The molecule has 1 atom stereocenters. The highest BCUT2D eigenvalue weighted by molar-refractivity contribution is 7.89. The molecule has 1 aromatic rings. The fraction of sp³-hybridized carbons (Fsp3) is 0.650. The van der Waals surface area contributed by atoms with Crippen LogP contribution in [0.3, 0.4) is 0 Å². The number of carbonyl (C=O) groups is 1. The Balaban J connectivity index is 1.91. The van der Waals surface area contributed by atoms with Gasteiger partial charge in [-0.15, -0.1) is 0 Å². The van der Waals surface area contributed by atoms with Gasteiger partial charge in [0.05, 0.1) is 16.7 Å². The molecule has 1 N–H and O–H groups in total.